The zero-order chi connectivity index (χ0) is 11.9. The molecule has 1 aliphatic carbocycles. The molecular weight excluding hydrogens is 214 g/mol. The molecule has 3 unspecified atom stereocenters. The number of rotatable bonds is 4. The van der Waals surface area contributed by atoms with E-state index in [0.717, 1.165) is 13.2 Å². The Hall–Kier alpha value is -0.120. The molecule has 1 saturated heterocycles. The summed E-state index contributed by atoms with van der Waals surface area (Å²) in [5, 5.41) is 3.43. The minimum atomic E-state index is 0.359. The molecule has 0 spiro atoms. The minimum Gasteiger partial charge on any atom is -0.376 e. The van der Waals surface area contributed by atoms with E-state index in [9.17, 15) is 0 Å². The lowest BCUT2D eigenvalue weighted by atomic mass is 9.94. The van der Waals surface area contributed by atoms with E-state index in [1.54, 1.807) is 0 Å². The van der Waals surface area contributed by atoms with Crippen LogP contribution in [0.4, 0.5) is 0 Å². The van der Waals surface area contributed by atoms with Crippen molar-refractivity contribution in [3.8, 4) is 0 Å². The first-order valence-corrected chi connectivity index (χ1v) is 7.30. The van der Waals surface area contributed by atoms with Crippen molar-refractivity contribution in [3.05, 3.63) is 0 Å². The van der Waals surface area contributed by atoms with Gasteiger partial charge in [-0.05, 0) is 32.7 Å². The number of hydrogen-bond acceptors (Lipinski definition) is 3. The molecule has 1 N–H and O–H groups in total. The zero-order valence-electron chi connectivity index (χ0n) is 11.1. The van der Waals surface area contributed by atoms with Gasteiger partial charge in [0.05, 0.1) is 18.8 Å². The van der Waals surface area contributed by atoms with Gasteiger partial charge in [0, 0.05) is 12.6 Å². The van der Waals surface area contributed by atoms with Gasteiger partial charge in [-0.3, -0.25) is 0 Å². The summed E-state index contributed by atoms with van der Waals surface area (Å²) in [5.74, 6) is 0. The predicted molar refractivity (Wildman–Crippen MR) is 69.3 cm³/mol. The second-order valence-electron chi connectivity index (χ2n) is 5.39. The summed E-state index contributed by atoms with van der Waals surface area (Å²) in [6.45, 7) is 1.72. The minimum absolute atomic E-state index is 0.359. The first-order valence-electron chi connectivity index (χ1n) is 7.30. The van der Waals surface area contributed by atoms with Crippen LogP contribution in [-0.2, 0) is 9.47 Å². The molecule has 2 aliphatic rings. The molecule has 0 radical (unpaired) electrons. The van der Waals surface area contributed by atoms with Gasteiger partial charge in [-0.15, -0.1) is 0 Å². The van der Waals surface area contributed by atoms with E-state index < -0.39 is 0 Å². The Morgan fingerprint density at radius 2 is 1.88 bits per heavy atom. The summed E-state index contributed by atoms with van der Waals surface area (Å²) < 4.78 is 11.7. The van der Waals surface area contributed by atoms with Crippen LogP contribution < -0.4 is 5.32 Å². The van der Waals surface area contributed by atoms with E-state index in [4.69, 9.17) is 9.47 Å². The van der Waals surface area contributed by atoms with Crippen LogP contribution in [0.5, 0.6) is 0 Å². The lowest BCUT2D eigenvalue weighted by molar-refractivity contribution is -0.0395. The SMILES string of the molecule is CNC1CCCCCCC1OCC1CCCO1. The molecule has 3 atom stereocenters. The van der Waals surface area contributed by atoms with Crippen LogP contribution in [0.3, 0.4) is 0 Å². The molecule has 3 nitrogen and oxygen atoms in total. The fraction of sp³-hybridized carbons (Fsp3) is 1.00. The van der Waals surface area contributed by atoms with Gasteiger partial charge in [0.2, 0.25) is 0 Å². The third-order valence-electron chi connectivity index (χ3n) is 4.09. The van der Waals surface area contributed by atoms with Crippen molar-refractivity contribution in [1.82, 2.24) is 5.32 Å². The van der Waals surface area contributed by atoms with Gasteiger partial charge in [-0.25, -0.2) is 0 Å². The third-order valence-corrected chi connectivity index (χ3v) is 4.09. The highest BCUT2D eigenvalue weighted by atomic mass is 16.5. The van der Waals surface area contributed by atoms with Crippen LogP contribution in [0.1, 0.15) is 51.4 Å². The largest absolute Gasteiger partial charge is 0.376 e. The number of hydrogen-bond donors (Lipinski definition) is 1. The first kappa shape index (κ1) is 13.3. The lowest BCUT2D eigenvalue weighted by Crippen LogP contribution is -2.41. The van der Waals surface area contributed by atoms with E-state index in [1.807, 2.05) is 0 Å². The maximum absolute atomic E-state index is 6.12. The van der Waals surface area contributed by atoms with Gasteiger partial charge in [-0.1, -0.05) is 25.7 Å². The smallest absolute Gasteiger partial charge is 0.0809 e. The summed E-state index contributed by atoms with van der Waals surface area (Å²) in [4.78, 5) is 0. The monoisotopic (exact) mass is 241 g/mol. The number of nitrogens with one attached hydrogen (secondary N) is 1. The maximum Gasteiger partial charge on any atom is 0.0809 e. The molecule has 17 heavy (non-hydrogen) atoms. The van der Waals surface area contributed by atoms with Crippen molar-refractivity contribution >= 4 is 0 Å². The van der Waals surface area contributed by atoms with Crippen molar-refractivity contribution in [2.24, 2.45) is 0 Å². The molecule has 0 amide bonds. The summed E-state index contributed by atoms with van der Waals surface area (Å²) in [7, 11) is 2.06. The molecule has 2 fully saturated rings. The van der Waals surface area contributed by atoms with E-state index in [1.165, 1.54) is 51.4 Å². The van der Waals surface area contributed by atoms with Gasteiger partial charge in [0.1, 0.15) is 0 Å². The molecule has 0 aromatic rings. The molecule has 100 valence electrons. The summed E-state index contributed by atoms with van der Waals surface area (Å²) in [5.41, 5.74) is 0. The van der Waals surface area contributed by atoms with Crippen LogP contribution in [0, 0.1) is 0 Å². The average molecular weight is 241 g/mol. The Labute approximate surface area is 105 Å². The molecular formula is C14H27NO2. The Bertz CT molecular complexity index is 204. The van der Waals surface area contributed by atoms with E-state index in [2.05, 4.69) is 12.4 Å². The van der Waals surface area contributed by atoms with Crippen LogP contribution in [-0.4, -0.2) is 38.5 Å². The predicted octanol–water partition coefficient (Wildman–Crippen LogP) is 2.49. The highest BCUT2D eigenvalue weighted by Gasteiger charge is 2.24. The van der Waals surface area contributed by atoms with Crippen molar-refractivity contribution in [1.29, 1.82) is 0 Å². The van der Waals surface area contributed by atoms with Gasteiger partial charge in [0.15, 0.2) is 0 Å². The zero-order valence-corrected chi connectivity index (χ0v) is 11.1. The molecule has 0 aromatic heterocycles. The van der Waals surface area contributed by atoms with Crippen molar-refractivity contribution < 1.29 is 9.47 Å². The normalized spacial score (nSPS) is 35.5. The Morgan fingerprint density at radius 1 is 1.06 bits per heavy atom. The van der Waals surface area contributed by atoms with E-state index >= 15 is 0 Å². The Morgan fingerprint density at radius 3 is 2.59 bits per heavy atom. The van der Waals surface area contributed by atoms with Gasteiger partial charge in [-0.2, -0.15) is 0 Å². The van der Waals surface area contributed by atoms with E-state index in [-0.39, 0.29) is 0 Å². The average Bonchev–Trinajstić information content (AvgIpc) is 2.81. The van der Waals surface area contributed by atoms with Crippen LogP contribution >= 0.6 is 0 Å². The van der Waals surface area contributed by atoms with Crippen LogP contribution in [0.25, 0.3) is 0 Å². The second kappa shape index (κ2) is 7.34. The molecule has 3 heteroatoms. The standard InChI is InChI=1S/C14H27NO2/c1-15-13-8-4-2-3-5-9-14(13)17-11-12-7-6-10-16-12/h12-15H,2-11H2,1H3. The number of likely N-dealkylation sites (N-methyl/N-ethyl adjacent to an activating group) is 1. The molecule has 1 heterocycles. The quantitative estimate of drug-likeness (QED) is 0.820. The molecule has 2 rings (SSSR count). The highest BCUT2D eigenvalue weighted by molar-refractivity contribution is 4.79. The first-order chi connectivity index (χ1) is 8.40. The fourth-order valence-corrected chi connectivity index (χ4v) is 2.99. The third kappa shape index (κ3) is 4.23. The van der Waals surface area contributed by atoms with Gasteiger partial charge in [0.25, 0.3) is 0 Å². The Balaban J connectivity index is 1.76. The van der Waals surface area contributed by atoms with Crippen molar-refractivity contribution in [3.63, 3.8) is 0 Å². The van der Waals surface area contributed by atoms with Crippen LogP contribution in [0.2, 0.25) is 0 Å². The maximum atomic E-state index is 6.12. The van der Waals surface area contributed by atoms with Gasteiger partial charge < -0.3 is 14.8 Å². The van der Waals surface area contributed by atoms with Crippen molar-refractivity contribution in [2.45, 2.75) is 69.6 Å². The summed E-state index contributed by atoms with van der Waals surface area (Å²) in [6, 6.07) is 0.539. The number of ether oxygens (including phenoxy) is 2. The fourth-order valence-electron chi connectivity index (χ4n) is 2.99. The molecule has 0 bridgehead atoms. The topological polar surface area (TPSA) is 30.5 Å². The van der Waals surface area contributed by atoms with Gasteiger partial charge >= 0.3 is 0 Å². The summed E-state index contributed by atoms with van der Waals surface area (Å²) in [6.07, 6.45) is 11.0. The molecule has 1 aliphatic heterocycles. The molecule has 0 aromatic carbocycles. The highest BCUT2D eigenvalue weighted by Crippen LogP contribution is 2.21. The van der Waals surface area contributed by atoms with Crippen molar-refractivity contribution in [2.75, 3.05) is 20.3 Å². The Kier molecular flexibility index (Phi) is 5.75. The van der Waals surface area contributed by atoms with Crippen LogP contribution in [0.15, 0.2) is 0 Å². The second-order valence-corrected chi connectivity index (χ2v) is 5.39. The summed E-state index contributed by atoms with van der Waals surface area (Å²) >= 11 is 0. The molecule has 1 saturated carbocycles. The van der Waals surface area contributed by atoms with E-state index in [0.29, 0.717) is 18.2 Å². The lowest BCUT2D eigenvalue weighted by Gasteiger charge is -2.30.